The van der Waals surface area contributed by atoms with Gasteiger partial charge < -0.3 is 10.4 Å². The van der Waals surface area contributed by atoms with Gasteiger partial charge in [0.2, 0.25) is 5.91 Å². The van der Waals surface area contributed by atoms with Crippen molar-refractivity contribution < 1.29 is 14.7 Å². The lowest BCUT2D eigenvalue weighted by molar-refractivity contribution is -0.149. The van der Waals surface area contributed by atoms with Crippen LogP contribution in [0.2, 0.25) is 0 Å². The first-order valence-electron chi connectivity index (χ1n) is 6.73. The summed E-state index contributed by atoms with van der Waals surface area (Å²) in [6, 6.07) is 0.209. The SMILES string of the molecule is CC1CC(C)CC(NC(=O)CC(C)(C)C(=O)O)C1. The molecule has 0 radical (unpaired) electrons. The molecule has 0 heterocycles. The Morgan fingerprint density at radius 3 is 2.11 bits per heavy atom. The van der Waals surface area contributed by atoms with Gasteiger partial charge in [-0.05, 0) is 44.9 Å². The number of carbonyl (C=O) groups is 2. The summed E-state index contributed by atoms with van der Waals surface area (Å²) in [5, 5.41) is 12.0. The van der Waals surface area contributed by atoms with E-state index in [4.69, 9.17) is 5.11 Å². The fraction of sp³-hybridized carbons (Fsp3) is 0.857. The van der Waals surface area contributed by atoms with Crippen molar-refractivity contribution in [2.45, 2.75) is 59.4 Å². The van der Waals surface area contributed by atoms with E-state index < -0.39 is 11.4 Å². The number of aliphatic carboxylic acids is 1. The molecule has 1 aliphatic carbocycles. The van der Waals surface area contributed by atoms with Crippen LogP contribution in [0.1, 0.15) is 53.4 Å². The van der Waals surface area contributed by atoms with Crippen LogP contribution in [0.3, 0.4) is 0 Å². The molecular weight excluding hydrogens is 230 g/mol. The summed E-state index contributed by atoms with van der Waals surface area (Å²) in [4.78, 5) is 22.8. The molecule has 18 heavy (non-hydrogen) atoms. The molecule has 4 heteroatoms. The first kappa shape index (κ1) is 15.0. The predicted octanol–water partition coefficient (Wildman–Crippen LogP) is 2.43. The fourth-order valence-electron chi connectivity index (χ4n) is 2.82. The van der Waals surface area contributed by atoms with Crippen molar-refractivity contribution in [1.82, 2.24) is 5.32 Å². The number of carboxylic acids is 1. The first-order valence-corrected chi connectivity index (χ1v) is 6.73. The van der Waals surface area contributed by atoms with E-state index in [-0.39, 0.29) is 18.4 Å². The van der Waals surface area contributed by atoms with E-state index in [9.17, 15) is 9.59 Å². The molecule has 1 rings (SSSR count). The van der Waals surface area contributed by atoms with Crippen molar-refractivity contribution in [2.24, 2.45) is 17.3 Å². The summed E-state index contributed by atoms with van der Waals surface area (Å²) in [6.07, 6.45) is 3.27. The van der Waals surface area contributed by atoms with Gasteiger partial charge in [-0.15, -0.1) is 0 Å². The van der Waals surface area contributed by atoms with E-state index in [0.29, 0.717) is 11.8 Å². The Morgan fingerprint density at radius 2 is 1.67 bits per heavy atom. The van der Waals surface area contributed by atoms with Gasteiger partial charge in [-0.2, -0.15) is 0 Å². The lowest BCUT2D eigenvalue weighted by Crippen LogP contribution is -2.42. The molecule has 2 N–H and O–H groups in total. The molecule has 1 amide bonds. The highest BCUT2D eigenvalue weighted by molar-refractivity contribution is 5.84. The number of amides is 1. The summed E-state index contributed by atoms with van der Waals surface area (Å²) in [5.41, 5.74) is -0.990. The normalized spacial score (nSPS) is 28.8. The second-order valence-corrected chi connectivity index (χ2v) is 6.55. The monoisotopic (exact) mass is 255 g/mol. The quantitative estimate of drug-likeness (QED) is 0.810. The van der Waals surface area contributed by atoms with E-state index in [2.05, 4.69) is 19.2 Å². The Balaban J connectivity index is 2.47. The largest absolute Gasteiger partial charge is 0.481 e. The molecule has 0 bridgehead atoms. The third-order valence-electron chi connectivity index (χ3n) is 3.73. The van der Waals surface area contributed by atoms with Gasteiger partial charge in [0.05, 0.1) is 5.41 Å². The summed E-state index contributed by atoms with van der Waals surface area (Å²) in [6.45, 7) is 7.58. The van der Waals surface area contributed by atoms with Gasteiger partial charge in [-0.1, -0.05) is 13.8 Å². The predicted molar refractivity (Wildman–Crippen MR) is 70.1 cm³/mol. The highest BCUT2D eigenvalue weighted by atomic mass is 16.4. The Hall–Kier alpha value is -1.06. The zero-order valence-corrected chi connectivity index (χ0v) is 11.8. The minimum absolute atomic E-state index is 0.0432. The second-order valence-electron chi connectivity index (χ2n) is 6.55. The topological polar surface area (TPSA) is 66.4 Å². The van der Waals surface area contributed by atoms with Gasteiger partial charge in [0, 0.05) is 12.5 Å². The van der Waals surface area contributed by atoms with Gasteiger partial charge in [-0.25, -0.2) is 0 Å². The molecule has 1 fully saturated rings. The van der Waals surface area contributed by atoms with Crippen LogP contribution in [0.4, 0.5) is 0 Å². The Bertz CT molecular complexity index is 315. The molecule has 4 nitrogen and oxygen atoms in total. The van der Waals surface area contributed by atoms with Crippen molar-refractivity contribution >= 4 is 11.9 Å². The van der Waals surface area contributed by atoms with Crippen LogP contribution < -0.4 is 5.32 Å². The number of nitrogens with one attached hydrogen (secondary N) is 1. The van der Waals surface area contributed by atoms with Crippen molar-refractivity contribution in [3.8, 4) is 0 Å². The maximum absolute atomic E-state index is 11.9. The lowest BCUT2D eigenvalue weighted by atomic mass is 9.80. The maximum atomic E-state index is 11.9. The van der Waals surface area contributed by atoms with Crippen molar-refractivity contribution in [2.75, 3.05) is 0 Å². The molecule has 2 unspecified atom stereocenters. The second kappa shape index (κ2) is 5.72. The molecule has 1 aliphatic rings. The number of carbonyl (C=O) groups excluding carboxylic acids is 1. The van der Waals surface area contributed by atoms with Crippen LogP contribution in [0.25, 0.3) is 0 Å². The minimum atomic E-state index is -0.990. The lowest BCUT2D eigenvalue weighted by Gasteiger charge is -2.32. The van der Waals surface area contributed by atoms with Gasteiger partial charge in [-0.3, -0.25) is 9.59 Å². The Kier molecular flexibility index (Phi) is 4.77. The maximum Gasteiger partial charge on any atom is 0.309 e. The molecule has 0 aliphatic heterocycles. The van der Waals surface area contributed by atoms with E-state index in [1.165, 1.54) is 6.42 Å². The summed E-state index contributed by atoms with van der Waals surface area (Å²) >= 11 is 0. The zero-order chi connectivity index (χ0) is 13.9. The van der Waals surface area contributed by atoms with Gasteiger partial charge in [0.25, 0.3) is 0 Å². The van der Waals surface area contributed by atoms with Crippen LogP contribution in [0, 0.1) is 17.3 Å². The Morgan fingerprint density at radius 1 is 1.17 bits per heavy atom. The standard InChI is InChI=1S/C14H25NO3/c1-9-5-10(2)7-11(6-9)15-12(16)8-14(3,4)13(17)18/h9-11H,5-8H2,1-4H3,(H,15,16)(H,17,18). The molecule has 104 valence electrons. The summed E-state index contributed by atoms with van der Waals surface area (Å²) < 4.78 is 0. The van der Waals surface area contributed by atoms with Crippen molar-refractivity contribution in [1.29, 1.82) is 0 Å². The van der Waals surface area contributed by atoms with Crippen LogP contribution in [0.15, 0.2) is 0 Å². The number of hydrogen-bond acceptors (Lipinski definition) is 2. The van der Waals surface area contributed by atoms with E-state index in [1.807, 2.05) is 0 Å². The van der Waals surface area contributed by atoms with E-state index >= 15 is 0 Å². The van der Waals surface area contributed by atoms with E-state index in [0.717, 1.165) is 12.8 Å². The van der Waals surface area contributed by atoms with Crippen LogP contribution >= 0.6 is 0 Å². The highest BCUT2D eigenvalue weighted by Crippen LogP contribution is 2.29. The molecule has 0 spiro atoms. The first-order chi connectivity index (χ1) is 8.20. The van der Waals surface area contributed by atoms with Crippen molar-refractivity contribution in [3.63, 3.8) is 0 Å². The molecule has 0 aromatic rings. The van der Waals surface area contributed by atoms with Gasteiger partial charge in [0.15, 0.2) is 0 Å². The molecule has 1 saturated carbocycles. The van der Waals surface area contributed by atoms with Gasteiger partial charge >= 0.3 is 5.97 Å². The average Bonchev–Trinajstić information content (AvgIpc) is 2.13. The Labute approximate surface area is 109 Å². The third-order valence-corrected chi connectivity index (χ3v) is 3.73. The zero-order valence-electron chi connectivity index (χ0n) is 11.8. The third kappa shape index (κ3) is 4.31. The summed E-state index contributed by atoms with van der Waals surface area (Å²) in [5.74, 6) is 0.190. The van der Waals surface area contributed by atoms with Crippen molar-refractivity contribution in [3.05, 3.63) is 0 Å². The number of rotatable bonds is 4. The van der Waals surface area contributed by atoms with Crippen LogP contribution in [-0.4, -0.2) is 23.0 Å². The minimum Gasteiger partial charge on any atom is -0.481 e. The number of hydrogen-bond donors (Lipinski definition) is 2. The summed E-state index contributed by atoms with van der Waals surface area (Å²) in [7, 11) is 0. The molecule has 2 atom stereocenters. The van der Waals surface area contributed by atoms with Crippen LogP contribution in [0.5, 0.6) is 0 Å². The molecule has 0 saturated heterocycles. The van der Waals surface area contributed by atoms with Crippen LogP contribution in [-0.2, 0) is 9.59 Å². The highest BCUT2D eigenvalue weighted by Gasteiger charge is 2.32. The van der Waals surface area contributed by atoms with E-state index in [1.54, 1.807) is 13.8 Å². The fourth-order valence-corrected chi connectivity index (χ4v) is 2.82. The number of carboxylic acid groups (broad SMARTS) is 1. The van der Waals surface area contributed by atoms with Gasteiger partial charge in [0.1, 0.15) is 0 Å². The molecule has 0 aromatic heterocycles. The molecular formula is C14H25NO3. The molecule has 0 aromatic carbocycles. The average molecular weight is 255 g/mol. The smallest absolute Gasteiger partial charge is 0.309 e.